The van der Waals surface area contributed by atoms with Crippen LogP contribution in [0.5, 0.6) is 5.75 Å². The van der Waals surface area contributed by atoms with Gasteiger partial charge in [-0.3, -0.25) is 34.0 Å². The second-order valence-corrected chi connectivity index (χ2v) is 19.1. The molecule has 2 aromatic heterocycles. The van der Waals surface area contributed by atoms with Gasteiger partial charge in [0.15, 0.2) is 0 Å². The Morgan fingerprint density at radius 1 is 1.00 bits per heavy atom. The minimum Gasteiger partial charge on any atom is -0.508 e. The van der Waals surface area contributed by atoms with Gasteiger partial charge < -0.3 is 40.0 Å². The summed E-state index contributed by atoms with van der Waals surface area (Å²) in [5, 5.41) is 22.5. The Labute approximate surface area is 379 Å². The number of carbonyl (C=O) groups excluding carboxylic acids is 5. The summed E-state index contributed by atoms with van der Waals surface area (Å²) in [6.07, 6.45) is 3.32. The lowest BCUT2D eigenvalue weighted by Gasteiger charge is -2.36. The molecule has 6 heterocycles. The Kier molecular flexibility index (Phi) is 13.1. The van der Waals surface area contributed by atoms with Crippen LogP contribution in [-0.4, -0.2) is 118 Å². The van der Waals surface area contributed by atoms with Gasteiger partial charge in [0.25, 0.3) is 5.91 Å². The van der Waals surface area contributed by atoms with Crippen LogP contribution >= 0.6 is 0 Å². The average molecular weight is 891 g/mol. The Balaban J connectivity index is 1.20. The Morgan fingerprint density at radius 3 is 2.51 bits per heavy atom. The van der Waals surface area contributed by atoms with E-state index in [-0.39, 0.29) is 61.7 Å². The number of amides is 4. The first-order chi connectivity index (χ1) is 31.1. The average Bonchev–Trinajstić information content (AvgIpc) is 4.03. The lowest BCUT2D eigenvalue weighted by molar-refractivity contribution is -0.155. The number of aromatic nitrogens is 2. The molecule has 6 bridgehead atoms. The second-order valence-electron chi connectivity index (χ2n) is 19.1. The fraction of sp³-hybridized carbons (Fsp3) is 0.510. The van der Waals surface area contributed by atoms with E-state index in [4.69, 9.17) is 14.5 Å². The number of esters is 1. The molecule has 4 aromatic rings. The molecular formula is C49H62N8O8. The van der Waals surface area contributed by atoms with Crippen molar-refractivity contribution in [3.63, 3.8) is 0 Å². The van der Waals surface area contributed by atoms with Gasteiger partial charge in [-0.25, -0.2) is 5.43 Å². The molecule has 1 unspecified atom stereocenters. The van der Waals surface area contributed by atoms with Crippen LogP contribution in [0.3, 0.4) is 0 Å². The lowest BCUT2D eigenvalue weighted by atomic mass is 9.84. The van der Waals surface area contributed by atoms with Crippen LogP contribution in [0, 0.1) is 11.3 Å². The minimum atomic E-state index is -1.16. The number of fused-ring (bicyclic) bond motifs is 6. The Hall–Kier alpha value is -5.84. The van der Waals surface area contributed by atoms with Crippen molar-refractivity contribution in [3.05, 3.63) is 71.5 Å². The number of pyridine rings is 1. The minimum absolute atomic E-state index is 0.00932. The van der Waals surface area contributed by atoms with Crippen molar-refractivity contribution in [1.29, 1.82) is 0 Å². The maximum atomic E-state index is 14.7. The number of methoxy groups -OCH3 is 1. The van der Waals surface area contributed by atoms with Crippen molar-refractivity contribution in [3.8, 4) is 28.1 Å². The number of carbonyl (C=O) groups is 5. The number of rotatable bonds is 10. The summed E-state index contributed by atoms with van der Waals surface area (Å²) in [5.74, 6) is -2.43. The Morgan fingerprint density at radius 2 is 1.78 bits per heavy atom. The van der Waals surface area contributed by atoms with Gasteiger partial charge in [0.2, 0.25) is 17.7 Å². The van der Waals surface area contributed by atoms with Crippen molar-refractivity contribution < 1.29 is 38.6 Å². The molecule has 6 atom stereocenters. The highest BCUT2D eigenvalue weighted by Crippen LogP contribution is 2.42. The topological polar surface area (TPSA) is 206 Å². The Bertz CT molecular complexity index is 2500. The van der Waals surface area contributed by atoms with E-state index in [9.17, 15) is 29.1 Å². The maximum absolute atomic E-state index is 14.7. The van der Waals surface area contributed by atoms with E-state index < -0.39 is 47.4 Å². The quantitative estimate of drug-likeness (QED) is 0.113. The predicted molar refractivity (Wildman–Crippen MR) is 244 cm³/mol. The molecule has 0 saturated carbocycles. The van der Waals surface area contributed by atoms with Gasteiger partial charge in [0, 0.05) is 67.8 Å². The van der Waals surface area contributed by atoms with E-state index in [1.165, 1.54) is 9.91 Å². The SMILES string of the molecule is CCn1c(-c2cccnc2[C@H](C)OC)c2c3cc(ccc31)-c1cc(O)cc(c1)C[C@H](NC(=O)C(C(C)C)N1CC[C@H](NC(=O)[C@H]3CN3)C1=O)C(=O)N1CCC[C@H](N1)C(=O)OCC(C)(C)C2. The van der Waals surface area contributed by atoms with Gasteiger partial charge in [-0.15, -0.1) is 0 Å². The number of hydrazine groups is 1. The van der Waals surface area contributed by atoms with E-state index in [1.54, 1.807) is 25.4 Å². The molecule has 0 radical (unpaired) electrons. The number of aryl methyl sites for hydroxylation is 1. The number of likely N-dealkylation sites (tertiary alicyclic amines) is 1. The number of nitrogens with one attached hydrogen (secondary N) is 4. The number of phenols is 1. The van der Waals surface area contributed by atoms with E-state index >= 15 is 0 Å². The molecule has 8 rings (SSSR count). The number of phenolic OH excluding ortho intramolecular Hbond substituents is 1. The molecule has 16 nitrogen and oxygen atoms in total. The van der Waals surface area contributed by atoms with Crippen molar-refractivity contribution in [1.82, 2.24) is 40.8 Å². The molecule has 0 aliphatic carbocycles. The number of benzene rings is 2. The largest absolute Gasteiger partial charge is 0.508 e. The van der Waals surface area contributed by atoms with E-state index in [2.05, 4.69) is 64.9 Å². The number of aromatic hydroxyl groups is 1. The summed E-state index contributed by atoms with van der Waals surface area (Å²) in [6.45, 7) is 13.8. The highest BCUT2D eigenvalue weighted by Gasteiger charge is 2.44. The van der Waals surface area contributed by atoms with Gasteiger partial charge in [0.1, 0.15) is 29.9 Å². The zero-order valence-electron chi connectivity index (χ0n) is 38.4. The first-order valence-corrected chi connectivity index (χ1v) is 22.9. The number of hydrogen-bond acceptors (Lipinski definition) is 11. The van der Waals surface area contributed by atoms with E-state index in [0.717, 1.165) is 39.0 Å². The first-order valence-electron chi connectivity index (χ1n) is 22.9. The van der Waals surface area contributed by atoms with Crippen molar-refractivity contribution in [2.45, 2.75) is 117 Å². The third kappa shape index (κ3) is 9.47. The van der Waals surface area contributed by atoms with Crippen molar-refractivity contribution in [2.75, 3.05) is 33.4 Å². The fourth-order valence-electron chi connectivity index (χ4n) is 9.76. The third-order valence-electron chi connectivity index (χ3n) is 13.2. The van der Waals surface area contributed by atoms with Gasteiger partial charge in [0.05, 0.1) is 30.1 Å². The molecular weight excluding hydrogens is 829 g/mol. The molecule has 5 N–H and O–H groups in total. The van der Waals surface area contributed by atoms with Crippen LogP contribution in [0.2, 0.25) is 0 Å². The molecule has 16 heteroatoms. The number of nitrogens with zero attached hydrogens (tertiary/aromatic N) is 4. The lowest BCUT2D eigenvalue weighted by Crippen LogP contribution is -2.62. The molecule has 346 valence electrons. The standard InChI is InChI=1S/C49H62N8O8/c1-8-55-40-14-13-30-23-34(40)35(43(55)33-11-9-16-50-41(33)28(4)64-7)24-49(5,6)26-65-48(63)37-12-10-17-57(54-37)47(62)38(21-29-19-31(30)22-32(58)20-29)53-45(60)42(27(2)3)56-18-15-36(46(56)61)52-44(59)39-25-51-39/h9,11,13-14,16,19-20,22-23,27-28,36-39,42,51,54,58H,8,10,12,15,17-18,21,24-26H2,1-7H3,(H,52,59)(H,53,60)/t28-,36-,37-,38-,39+,42?/m0/s1. The highest BCUT2D eigenvalue weighted by atomic mass is 16.5. The summed E-state index contributed by atoms with van der Waals surface area (Å²) in [5.41, 5.74) is 9.53. The number of hydrogen-bond donors (Lipinski definition) is 5. The van der Waals surface area contributed by atoms with Gasteiger partial charge in [-0.05, 0) is 104 Å². The first kappa shape index (κ1) is 45.7. The summed E-state index contributed by atoms with van der Waals surface area (Å²) >= 11 is 0. The zero-order valence-corrected chi connectivity index (χ0v) is 38.4. The zero-order chi connectivity index (χ0) is 46.3. The van der Waals surface area contributed by atoms with E-state index in [0.29, 0.717) is 49.9 Å². The molecule has 3 fully saturated rings. The van der Waals surface area contributed by atoms with Crippen LogP contribution in [0.1, 0.15) is 83.7 Å². The summed E-state index contributed by atoms with van der Waals surface area (Å²) < 4.78 is 14.2. The maximum Gasteiger partial charge on any atom is 0.324 e. The predicted octanol–water partition coefficient (Wildman–Crippen LogP) is 4.17. The molecule has 0 spiro atoms. The second kappa shape index (κ2) is 18.6. The van der Waals surface area contributed by atoms with Crippen LogP contribution < -0.4 is 21.4 Å². The number of cyclic esters (lactones) is 1. The number of ether oxygens (including phenoxy) is 2. The molecule has 2 aromatic carbocycles. The van der Waals surface area contributed by atoms with Crippen LogP contribution in [0.15, 0.2) is 54.7 Å². The molecule has 4 aliphatic heterocycles. The van der Waals surface area contributed by atoms with Gasteiger partial charge >= 0.3 is 5.97 Å². The smallest absolute Gasteiger partial charge is 0.324 e. The van der Waals surface area contributed by atoms with Gasteiger partial charge in [-0.1, -0.05) is 39.8 Å². The van der Waals surface area contributed by atoms with Crippen molar-refractivity contribution >= 4 is 40.5 Å². The highest BCUT2D eigenvalue weighted by molar-refractivity contribution is 5.97. The summed E-state index contributed by atoms with van der Waals surface area (Å²) in [4.78, 5) is 75.6. The molecule has 4 aliphatic rings. The molecule has 65 heavy (non-hydrogen) atoms. The van der Waals surface area contributed by atoms with Gasteiger partial charge in [-0.2, -0.15) is 0 Å². The monoisotopic (exact) mass is 890 g/mol. The fourth-order valence-corrected chi connectivity index (χ4v) is 9.76. The van der Waals surface area contributed by atoms with Crippen LogP contribution in [-0.2, 0) is 52.8 Å². The normalized spacial score (nSPS) is 23.2. The third-order valence-corrected chi connectivity index (χ3v) is 13.2. The summed E-state index contributed by atoms with van der Waals surface area (Å²) in [6, 6.07) is 11.5. The van der Waals surface area contributed by atoms with Crippen molar-refractivity contribution in [2.24, 2.45) is 11.3 Å². The molecule has 4 amide bonds. The van der Waals surface area contributed by atoms with E-state index in [1.807, 2.05) is 39.0 Å². The molecule has 3 saturated heterocycles. The van der Waals surface area contributed by atoms with Crippen LogP contribution in [0.25, 0.3) is 33.3 Å². The summed E-state index contributed by atoms with van der Waals surface area (Å²) in [7, 11) is 1.67. The van der Waals surface area contributed by atoms with Crippen LogP contribution in [0.4, 0.5) is 0 Å².